The third-order valence-corrected chi connectivity index (χ3v) is 3.82. The van der Waals surface area contributed by atoms with E-state index in [-0.39, 0.29) is 10.8 Å². The number of piperidine rings is 1. The minimum atomic E-state index is -0.567. The van der Waals surface area contributed by atoms with Crippen LogP contribution in [0.5, 0.6) is 0 Å². The summed E-state index contributed by atoms with van der Waals surface area (Å²) in [5.74, 6) is -0.315. The summed E-state index contributed by atoms with van der Waals surface area (Å²) in [7, 11) is 0. The van der Waals surface area contributed by atoms with Crippen molar-refractivity contribution in [3.05, 3.63) is 35.1 Å². The molecule has 1 aromatic carbocycles. The molecule has 0 amide bonds. The van der Waals surface area contributed by atoms with Crippen LogP contribution in [0.4, 0.5) is 4.39 Å². The molecule has 0 saturated carbocycles. The first kappa shape index (κ1) is 14.4. The third kappa shape index (κ3) is 3.96. The van der Waals surface area contributed by atoms with Crippen LogP contribution in [0.15, 0.2) is 18.2 Å². The van der Waals surface area contributed by atoms with Crippen LogP contribution in [0.2, 0.25) is 0 Å². The quantitative estimate of drug-likeness (QED) is 0.830. The van der Waals surface area contributed by atoms with E-state index in [1.807, 2.05) is 13.0 Å². The zero-order valence-electron chi connectivity index (χ0n) is 11.0. The Labute approximate surface area is 118 Å². The monoisotopic (exact) mass is 282 g/mol. The molecule has 1 aliphatic rings. The van der Waals surface area contributed by atoms with Crippen molar-refractivity contribution in [2.24, 2.45) is 5.73 Å². The fraction of sp³-hybridized carbons (Fsp3) is 0.500. The summed E-state index contributed by atoms with van der Waals surface area (Å²) >= 11 is 4.88. The highest BCUT2D eigenvalue weighted by Crippen LogP contribution is 2.22. The van der Waals surface area contributed by atoms with Crippen LogP contribution in [0, 0.1) is 5.82 Å². The topological polar surface area (TPSA) is 49.5 Å². The number of thiocarbonyl (C=S) groups is 1. The van der Waals surface area contributed by atoms with Crippen LogP contribution < -0.4 is 5.73 Å². The SMILES string of the molecule is CC1(O)CCN(Cc2cc(F)cc(C(N)=S)c2)CC1. The molecule has 2 rings (SSSR count). The number of likely N-dealkylation sites (tertiary alicyclic amines) is 1. The molecule has 1 heterocycles. The van der Waals surface area contributed by atoms with Gasteiger partial charge in [0.15, 0.2) is 0 Å². The summed E-state index contributed by atoms with van der Waals surface area (Å²) in [6.45, 7) is 4.14. The van der Waals surface area contributed by atoms with Gasteiger partial charge in [-0.2, -0.15) is 0 Å². The van der Waals surface area contributed by atoms with Gasteiger partial charge in [0.1, 0.15) is 10.8 Å². The zero-order chi connectivity index (χ0) is 14.0. The Morgan fingerprint density at radius 1 is 1.42 bits per heavy atom. The highest BCUT2D eigenvalue weighted by atomic mass is 32.1. The molecule has 0 aliphatic carbocycles. The maximum Gasteiger partial charge on any atom is 0.124 e. The molecule has 1 saturated heterocycles. The second-order valence-corrected chi connectivity index (χ2v) is 5.93. The van der Waals surface area contributed by atoms with E-state index in [0.29, 0.717) is 12.1 Å². The second kappa shape index (κ2) is 5.53. The molecule has 0 bridgehead atoms. The van der Waals surface area contributed by atoms with Crippen molar-refractivity contribution in [3.63, 3.8) is 0 Å². The van der Waals surface area contributed by atoms with Crippen molar-refractivity contribution in [2.45, 2.75) is 31.9 Å². The molecule has 0 aromatic heterocycles. The highest BCUT2D eigenvalue weighted by molar-refractivity contribution is 7.80. The van der Waals surface area contributed by atoms with Crippen LogP contribution in [0.25, 0.3) is 0 Å². The molecule has 1 fully saturated rings. The van der Waals surface area contributed by atoms with Crippen LogP contribution >= 0.6 is 12.2 Å². The number of nitrogens with zero attached hydrogens (tertiary/aromatic N) is 1. The van der Waals surface area contributed by atoms with Gasteiger partial charge in [0.05, 0.1) is 5.60 Å². The average Bonchev–Trinajstić information content (AvgIpc) is 2.31. The van der Waals surface area contributed by atoms with Crippen molar-refractivity contribution in [1.29, 1.82) is 0 Å². The van der Waals surface area contributed by atoms with E-state index in [0.717, 1.165) is 31.5 Å². The van der Waals surface area contributed by atoms with Gasteiger partial charge >= 0.3 is 0 Å². The lowest BCUT2D eigenvalue weighted by molar-refractivity contribution is -0.00732. The van der Waals surface area contributed by atoms with Gasteiger partial charge in [0, 0.05) is 25.2 Å². The smallest absolute Gasteiger partial charge is 0.124 e. The molecular formula is C14H19FN2OS. The van der Waals surface area contributed by atoms with Gasteiger partial charge in [0.25, 0.3) is 0 Å². The largest absolute Gasteiger partial charge is 0.390 e. The van der Waals surface area contributed by atoms with Gasteiger partial charge in [-0.3, -0.25) is 4.90 Å². The number of benzene rings is 1. The maximum absolute atomic E-state index is 13.5. The van der Waals surface area contributed by atoms with Crippen molar-refractivity contribution in [1.82, 2.24) is 4.90 Å². The molecule has 0 unspecified atom stereocenters. The molecule has 5 heteroatoms. The van der Waals surface area contributed by atoms with Gasteiger partial charge in [0.2, 0.25) is 0 Å². The van der Waals surface area contributed by atoms with Crippen molar-refractivity contribution < 1.29 is 9.50 Å². The van der Waals surface area contributed by atoms with Gasteiger partial charge in [-0.1, -0.05) is 12.2 Å². The van der Waals surface area contributed by atoms with Gasteiger partial charge < -0.3 is 10.8 Å². The zero-order valence-corrected chi connectivity index (χ0v) is 11.8. The normalized spacial score (nSPS) is 19.3. The Morgan fingerprint density at radius 3 is 2.63 bits per heavy atom. The molecule has 1 aliphatic heterocycles. The van der Waals surface area contributed by atoms with E-state index in [9.17, 15) is 9.50 Å². The minimum absolute atomic E-state index is 0.210. The number of rotatable bonds is 3. The Balaban J connectivity index is 2.05. The Hall–Kier alpha value is -1.04. The fourth-order valence-corrected chi connectivity index (χ4v) is 2.45. The van der Waals surface area contributed by atoms with E-state index < -0.39 is 5.60 Å². The molecule has 0 atom stereocenters. The lowest BCUT2D eigenvalue weighted by Gasteiger charge is -2.35. The van der Waals surface area contributed by atoms with E-state index in [1.54, 1.807) is 0 Å². The van der Waals surface area contributed by atoms with E-state index in [2.05, 4.69) is 4.90 Å². The predicted octanol–water partition coefficient (Wildman–Crippen LogP) is 1.81. The van der Waals surface area contributed by atoms with E-state index >= 15 is 0 Å². The predicted molar refractivity (Wildman–Crippen MR) is 77.4 cm³/mol. The Bertz CT molecular complexity index is 480. The lowest BCUT2D eigenvalue weighted by atomic mass is 9.93. The number of halogens is 1. The molecule has 3 N–H and O–H groups in total. The van der Waals surface area contributed by atoms with Crippen LogP contribution in [0.1, 0.15) is 30.9 Å². The third-order valence-electron chi connectivity index (χ3n) is 3.58. The standard InChI is InChI=1S/C14H19FN2OS/c1-14(18)2-4-17(5-3-14)9-10-6-11(13(16)19)8-12(15)7-10/h6-8,18H,2-5,9H2,1H3,(H2,16,19). The molecule has 1 aromatic rings. The van der Waals surface area contributed by atoms with Crippen molar-refractivity contribution in [3.8, 4) is 0 Å². The van der Waals surface area contributed by atoms with Crippen molar-refractivity contribution in [2.75, 3.05) is 13.1 Å². The molecule has 19 heavy (non-hydrogen) atoms. The second-order valence-electron chi connectivity index (χ2n) is 5.49. The number of nitrogens with two attached hydrogens (primary N) is 1. The molecular weight excluding hydrogens is 263 g/mol. The number of aliphatic hydroxyl groups is 1. The first-order chi connectivity index (χ1) is 8.85. The first-order valence-corrected chi connectivity index (χ1v) is 6.81. The van der Waals surface area contributed by atoms with Gasteiger partial charge in [-0.05, 0) is 43.5 Å². The highest BCUT2D eigenvalue weighted by Gasteiger charge is 2.27. The Kier molecular flexibility index (Phi) is 4.18. The van der Waals surface area contributed by atoms with Crippen molar-refractivity contribution >= 4 is 17.2 Å². The summed E-state index contributed by atoms with van der Waals surface area (Å²) in [6, 6.07) is 4.69. The molecule has 3 nitrogen and oxygen atoms in total. The van der Waals surface area contributed by atoms with E-state index in [4.69, 9.17) is 18.0 Å². The average molecular weight is 282 g/mol. The van der Waals surface area contributed by atoms with Crippen LogP contribution in [0.3, 0.4) is 0 Å². The summed E-state index contributed by atoms with van der Waals surface area (Å²) in [4.78, 5) is 2.41. The van der Waals surface area contributed by atoms with Gasteiger partial charge in [-0.25, -0.2) is 4.39 Å². The van der Waals surface area contributed by atoms with Crippen LogP contribution in [-0.4, -0.2) is 33.7 Å². The van der Waals surface area contributed by atoms with Gasteiger partial charge in [-0.15, -0.1) is 0 Å². The molecule has 0 radical (unpaired) electrons. The molecule has 0 spiro atoms. The summed E-state index contributed by atoms with van der Waals surface area (Å²) in [5.41, 5.74) is 6.40. The molecule has 104 valence electrons. The summed E-state index contributed by atoms with van der Waals surface area (Å²) in [6.07, 6.45) is 1.48. The van der Waals surface area contributed by atoms with Crippen LogP contribution in [-0.2, 0) is 6.54 Å². The minimum Gasteiger partial charge on any atom is -0.390 e. The summed E-state index contributed by atoms with van der Waals surface area (Å²) in [5, 5.41) is 9.90. The van der Waals surface area contributed by atoms with E-state index in [1.165, 1.54) is 12.1 Å². The fourth-order valence-electron chi connectivity index (χ4n) is 2.34. The first-order valence-electron chi connectivity index (χ1n) is 6.40. The number of hydrogen-bond donors (Lipinski definition) is 2. The lowest BCUT2D eigenvalue weighted by Crippen LogP contribution is -2.41. The number of hydrogen-bond acceptors (Lipinski definition) is 3. The Morgan fingerprint density at radius 2 is 2.05 bits per heavy atom. The summed E-state index contributed by atoms with van der Waals surface area (Å²) < 4.78 is 13.5. The maximum atomic E-state index is 13.5.